The van der Waals surface area contributed by atoms with E-state index in [4.69, 9.17) is 9.47 Å². The molecule has 0 radical (unpaired) electrons. The fourth-order valence-electron chi connectivity index (χ4n) is 3.07. The normalized spacial score (nSPS) is 22.2. The molecule has 1 saturated heterocycles. The van der Waals surface area contributed by atoms with Gasteiger partial charge in [0.25, 0.3) is 0 Å². The highest BCUT2D eigenvalue weighted by atomic mass is 16.5. The third-order valence-electron chi connectivity index (χ3n) is 4.37. The molecule has 122 valence electrons. The number of amides is 1. The van der Waals surface area contributed by atoms with E-state index in [1.54, 1.807) is 26.4 Å². The van der Waals surface area contributed by atoms with Crippen LogP contribution >= 0.6 is 0 Å². The Labute approximate surface area is 132 Å². The van der Waals surface area contributed by atoms with Gasteiger partial charge in [0, 0.05) is 23.8 Å². The molecule has 22 heavy (non-hydrogen) atoms. The largest absolute Gasteiger partial charge is 0.493 e. The van der Waals surface area contributed by atoms with E-state index in [-0.39, 0.29) is 5.91 Å². The number of anilines is 1. The zero-order chi connectivity index (χ0) is 16.1. The number of carbonyl (C=O) groups is 1. The average Bonchev–Trinajstić information content (AvgIpc) is 2.51. The highest BCUT2D eigenvalue weighted by Crippen LogP contribution is 2.30. The molecule has 0 saturated carbocycles. The lowest BCUT2D eigenvalue weighted by Gasteiger charge is -2.38. The summed E-state index contributed by atoms with van der Waals surface area (Å²) >= 11 is 0. The fourth-order valence-corrected chi connectivity index (χ4v) is 3.07. The number of ether oxygens (including phenoxy) is 2. The number of hydrogen-bond acceptors (Lipinski definition) is 4. The Morgan fingerprint density at radius 1 is 1.18 bits per heavy atom. The van der Waals surface area contributed by atoms with Crippen LogP contribution in [0.15, 0.2) is 18.2 Å². The highest BCUT2D eigenvalue weighted by Gasteiger charge is 2.26. The molecule has 5 heteroatoms. The smallest absolute Gasteiger partial charge is 0.238 e. The van der Waals surface area contributed by atoms with Crippen molar-refractivity contribution in [2.45, 2.75) is 45.2 Å². The maximum absolute atomic E-state index is 12.3. The Morgan fingerprint density at radius 2 is 1.82 bits per heavy atom. The molecule has 1 aromatic rings. The number of nitrogens with one attached hydrogen (secondary N) is 1. The molecule has 1 aliphatic heterocycles. The number of rotatable bonds is 5. The van der Waals surface area contributed by atoms with E-state index in [0.29, 0.717) is 30.1 Å². The molecule has 1 aromatic carbocycles. The number of carbonyl (C=O) groups excluding carboxylic acids is 1. The summed E-state index contributed by atoms with van der Waals surface area (Å²) in [5, 5.41) is 2.94. The fraction of sp³-hybridized carbons (Fsp3) is 0.588. The van der Waals surface area contributed by atoms with Crippen LogP contribution in [0, 0.1) is 0 Å². The molecular weight excluding hydrogens is 280 g/mol. The third-order valence-corrected chi connectivity index (χ3v) is 4.37. The van der Waals surface area contributed by atoms with Gasteiger partial charge in [0.15, 0.2) is 11.5 Å². The van der Waals surface area contributed by atoms with Crippen LogP contribution in [0.1, 0.15) is 33.1 Å². The van der Waals surface area contributed by atoms with Crippen molar-refractivity contribution in [1.82, 2.24) is 4.90 Å². The van der Waals surface area contributed by atoms with Crippen molar-refractivity contribution in [3.63, 3.8) is 0 Å². The summed E-state index contributed by atoms with van der Waals surface area (Å²) in [5.74, 6) is 1.27. The van der Waals surface area contributed by atoms with E-state index in [9.17, 15) is 4.79 Å². The van der Waals surface area contributed by atoms with E-state index >= 15 is 0 Å². The van der Waals surface area contributed by atoms with Gasteiger partial charge in [-0.05, 0) is 38.8 Å². The number of benzene rings is 1. The van der Waals surface area contributed by atoms with Crippen LogP contribution in [0.2, 0.25) is 0 Å². The number of hydrogen-bond donors (Lipinski definition) is 1. The number of piperidine rings is 1. The lowest BCUT2D eigenvalue weighted by Crippen LogP contribution is -2.47. The van der Waals surface area contributed by atoms with E-state index in [1.807, 2.05) is 6.07 Å². The Kier molecular flexibility index (Phi) is 5.66. The summed E-state index contributed by atoms with van der Waals surface area (Å²) in [5.41, 5.74) is 0.722. The first kappa shape index (κ1) is 16.6. The van der Waals surface area contributed by atoms with E-state index in [1.165, 1.54) is 6.42 Å². The Bertz CT molecular complexity index is 509. The van der Waals surface area contributed by atoms with Crippen LogP contribution in [0.25, 0.3) is 0 Å². The van der Waals surface area contributed by atoms with Gasteiger partial charge in [-0.1, -0.05) is 6.42 Å². The van der Waals surface area contributed by atoms with Crippen LogP contribution in [-0.2, 0) is 4.79 Å². The molecule has 1 aliphatic rings. The molecule has 1 fully saturated rings. The van der Waals surface area contributed by atoms with Crippen molar-refractivity contribution in [3.8, 4) is 11.5 Å². The van der Waals surface area contributed by atoms with Crippen LogP contribution < -0.4 is 14.8 Å². The van der Waals surface area contributed by atoms with Gasteiger partial charge in [-0.3, -0.25) is 9.69 Å². The van der Waals surface area contributed by atoms with Gasteiger partial charge in [-0.15, -0.1) is 0 Å². The van der Waals surface area contributed by atoms with Gasteiger partial charge in [0.05, 0.1) is 20.8 Å². The summed E-state index contributed by atoms with van der Waals surface area (Å²) in [6.45, 7) is 4.81. The molecule has 1 amide bonds. The lowest BCUT2D eigenvalue weighted by atomic mass is 9.97. The lowest BCUT2D eigenvalue weighted by molar-refractivity contribution is -0.118. The first-order chi connectivity index (χ1) is 10.5. The molecule has 2 unspecified atom stereocenters. The predicted octanol–water partition coefficient (Wildman–Crippen LogP) is 2.91. The van der Waals surface area contributed by atoms with Crippen molar-refractivity contribution < 1.29 is 14.3 Å². The van der Waals surface area contributed by atoms with Gasteiger partial charge in [-0.25, -0.2) is 0 Å². The van der Waals surface area contributed by atoms with E-state index < -0.39 is 0 Å². The van der Waals surface area contributed by atoms with Crippen molar-refractivity contribution >= 4 is 11.6 Å². The van der Waals surface area contributed by atoms with Gasteiger partial charge >= 0.3 is 0 Å². The quantitative estimate of drug-likeness (QED) is 0.909. The van der Waals surface area contributed by atoms with E-state index in [2.05, 4.69) is 24.1 Å². The minimum absolute atomic E-state index is 0.00724. The second-order valence-corrected chi connectivity index (χ2v) is 5.92. The maximum atomic E-state index is 12.3. The van der Waals surface area contributed by atoms with Crippen molar-refractivity contribution in [3.05, 3.63) is 18.2 Å². The molecule has 0 spiro atoms. The average molecular weight is 306 g/mol. The van der Waals surface area contributed by atoms with Crippen LogP contribution in [0.4, 0.5) is 5.69 Å². The molecular formula is C17H26N2O3. The molecule has 0 aromatic heterocycles. The number of nitrogens with zero attached hydrogens (tertiary/aromatic N) is 1. The number of methoxy groups -OCH3 is 2. The Hall–Kier alpha value is -1.75. The highest BCUT2D eigenvalue weighted by molar-refractivity contribution is 5.92. The van der Waals surface area contributed by atoms with Crippen LogP contribution in [0.5, 0.6) is 11.5 Å². The van der Waals surface area contributed by atoms with Gasteiger partial charge in [0.1, 0.15) is 0 Å². The maximum Gasteiger partial charge on any atom is 0.238 e. The van der Waals surface area contributed by atoms with Gasteiger partial charge in [0.2, 0.25) is 5.91 Å². The summed E-state index contributed by atoms with van der Waals surface area (Å²) in [6, 6.07) is 6.31. The first-order valence-corrected chi connectivity index (χ1v) is 7.82. The summed E-state index contributed by atoms with van der Waals surface area (Å²) < 4.78 is 10.5. The van der Waals surface area contributed by atoms with E-state index in [0.717, 1.165) is 18.5 Å². The molecule has 1 heterocycles. The van der Waals surface area contributed by atoms with Crippen LogP contribution in [-0.4, -0.2) is 43.7 Å². The summed E-state index contributed by atoms with van der Waals surface area (Å²) in [4.78, 5) is 14.6. The second kappa shape index (κ2) is 7.49. The van der Waals surface area contributed by atoms with Crippen molar-refractivity contribution in [1.29, 1.82) is 0 Å². The van der Waals surface area contributed by atoms with Gasteiger partial charge in [-0.2, -0.15) is 0 Å². The standard InChI is InChI=1S/C17H26N2O3/c1-12-6-5-7-13(2)19(12)11-17(20)18-14-8-9-15(21-3)16(10-14)22-4/h8-10,12-13H,5-7,11H2,1-4H3,(H,18,20). The van der Waals surface area contributed by atoms with Crippen molar-refractivity contribution in [2.24, 2.45) is 0 Å². The summed E-state index contributed by atoms with van der Waals surface area (Å²) in [7, 11) is 3.18. The molecule has 2 atom stereocenters. The minimum atomic E-state index is 0.00724. The Balaban J connectivity index is 1.99. The zero-order valence-corrected chi connectivity index (χ0v) is 13.9. The number of likely N-dealkylation sites (tertiary alicyclic amines) is 1. The van der Waals surface area contributed by atoms with Gasteiger partial charge < -0.3 is 14.8 Å². The monoisotopic (exact) mass is 306 g/mol. The van der Waals surface area contributed by atoms with Crippen LogP contribution in [0.3, 0.4) is 0 Å². The third kappa shape index (κ3) is 3.91. The molecule has 0 bridgehead atoms. The molecule has 0 aliphatic carbocycles. The SMILES string of the molecule is COc1ccc(NC(=O)CN2C(C)CCCC2C)cc1OC. The molecule has 5 nitrogen and oxygen atoms in total. The Morgan fingerprint density at radius 3 is 2.41 bits per heavy atom. The predicted molar refractivity (Wildman–Crippen MR) is 87.7 cm³/mol. The van der Waals surface area contributed by atoms with Crippen molar-refractivity contribution in [2.75, 3.05) is 26.1 Å². The zero-order valence-electron chi connectivity index (χ0n) is 13.9. The topological polar surface area (TPSA) is 50.8 Å². The minimum Gasteiger partial charge on any atom is -0.493 e. The summed E-state index contributed by atoms with van der Waals surface area (Å²) in [6.07, 6.45) is 3.57. The second-order valence-electron chi connectivity index (χ2n) is 5.92. The molecule has 2 rings (SSSR count). The first-order valence-electron chi connectivity index (χ1n) is 7.82. The molecule has 1 N–H and O–H groups in total.